The smallest absolute Gasteiger partial charge is 0.336 e. The van der Waals surface area contributed by atoms with Gasteiger partial charge < -0.3 is 24.6 Å². The minimum atomic E-state index is -1.19. The molecule has 39 heavy (non-hydrogen) atoms. The Balaban J connectivity index is 1.52. The monoisotopic (exact) mass is 552 g/mol. The number of anilines is 2. The number of nitrogens with one attached hydrogen (secondary N) is 1. The van der Waals surface area contributed by atoms with Crippen molar-refractivity contribution in [1.82, 2.24) is 24.2 Å². The van der Waals surface area contributed by atoms with Gasteiger partial charge in [0.15, 0.2) is 0 Å². The summed E-state index contributed by atoms with van der Waals surface area (Å²) in [7, 11) is 3.34. The topological polar surface area (TPSA) is 115 Å². The SMILES string of the molecule is COC[C@H]1Cn2cc(-c3c(Cl)cnc(Nc4ccnn4C)c3C)cc2C(=O)N1Cc1cc(F)ccc1C(=O)O. The van der Waals surface area contributed by atoms with Crippen molar-refractivity contribution in [2.45, 2.75) is 26.1 Å². The fourth-order valence-electron chi connectivity index (χ4n) is 4.92. The summed E-state index contributed by atoms with van der Waals surface area (Å²) in [5.74, 6) is -0.749. The average molecular weight is 553 g/mol. The standard InChI is InChI=1S/C27H26ClFN6O4/c1-15-24(21(28)10-30-25(15)32-23-6-7-31-33(23)2)17-9-22-26(36)35(19(14-39-3)13-34(22)11-17)12-16-8-18(29)4-5-20(16)27(37)38/h4-11,19H,12-14H2,1-3H3,(H,30,32)(H,37,38)/t19-/m1/s1. The summed E-state index contributed by atoms with van der Waals surface area (Å²) < 4.78 is 22.9. The van der Waals surface area contributed by atoms with Crippen molar-refractivity contribution in [2.75, 3.05) is 19.0 Å². The lowest BCUT2D eigenvalue weighted by Crippen LogP contribution is -2.49. The number of aryl methyl sites for hydroxylation is 1. The first-order valence-corrected chi connectivity index (χ1v) is 12.5. The molecular weight excluding hydrogens is 527 g/mol. The minimum Gasteiger partial charge on any atom is -0.478 e. The van der Waals surface area contributed by atoms with Crippen LogP contribution in [0.5, 0.6) is 0 Å². The quantitative estimate of drug-likeness (QED) is 0.331. The number of methoxy groups -OCH3 is 1. The second-order valence-electron chi connectivity index (χ2n) is 9.34. The highest BCUT2D eigenvalue weighted by Gasteiger charge is 2.34. The van der Waals surface area contributed by atoms with Gasteiger partial charge in [-0.25, -0.2) is 14.2 Å². The lowest BCUT2D eigenvalue weighted by Gasteiger charge is -2.36. The molecule has 0 unspecified atom stereocenters. The van der Waals surface area contributed by atoms with E-state index < -0.39 is 17.8 Å². The highest BCUT2D eigenvalue weighted by atomic mass is 35.5. The molecule has 1 aromatic carbocycles. The number of hydrogen-bond acceptors (Lipinski definition) is 6. The molecular formula is C27H26ClFN6O4. The number of carboxylic acids is 1. The zero-order valence-electron chi connectivity index (χ0n) is 21.5. The van der Waals surface area contributed by atoms with Crippen molar-refractivity contribution in [3.63, 3.8) is 0 Å². The van der Waals surface area contributed by atoms with Crippen molar-refractivity contribution in [2.24, 2.45) is 7.05 Å². The van der Waals surface area contributed by atoms with Gasteiger partial charge in [-0.15, -0.1) is 0 Å². The predicted molar refractivity (Wildman–Crippen MR) is 143 cm³/mol. The fraction of sp³-hybridized carbons (Fsp3) is 0.259. The van der Waals surface area contributed by atoms with Crippen molar-refractivity contribution in [1.29, 1.82) is 0 Å². The van der Waals surface area contributed by atoms with Gasteiger partial charge in [-0.1, -0.05) is 11.6 Å². The van der Waals surface area contributed by atoms with Crippen LogP contribution in [-0.2, 0) is 24.9 Å². The van der Waals surface area contributed by atoms with E-state index in [0.717, 1.165) is 34.6 Å². The zero-order valence-corrected chi connectivity index (χ0v) is 22.2. The summed E-state index contributed by atoms with van der Waals surface area (Å²) in [6.07, 6.45) is 5.09. The summed E-state index contributed by atoms with van der Waals surface area (Å²) in [4.78, 5) is 31.5. The number of carboxylic acid groups (broad SMARTS) is 1. The van der Waals surface area contributed by atoms with Gasteiger partial charge >= 0.3 is 5.97 Å². The second kappa shape index (κ2) is 10.5. The molecule has 0 radical (unpaired) electrons. The lowest BCUT2D eigenvalue weighted by atomic mass is 10.0. The Kier molecular flexibility index (Phi) is 7.11. The number of amides is 1. The first-order valence-electron chi connectivity index (χ1n) is 12.1. The molecule has 2 N–H and O–H groups in total. The van der Waals surface area contributed by atoms with Crippen molar-refractivity contribution in [3.8, 4) is 11.1 Å². The van der Waals surface area contributed by atoms with E-state index in [1.165, 1.54) is 18.1 Å². The number of pyridine rings is 1. The molecule has 3 aromatic heterocycles. The molecule has 0 spiro atoms. The fourth-order valence-corrected chi connectivity index (χ4v) is 5.22. The van der Waals surface area contributed by atoms with E-state index in [-0.39, 0.29) is 30.2 Å². The van der Waals surface area contributed by atoms with Gasteiger partial charge in [-0.05, 0) is 36.8 Å². The van der Waals surface area contributed by atoms with E-state index >= 15 is 0 Å². The number of carbonyl (C=O) groups excluding carboxylic acids is 1. The average Bonchev–Trinajstić information content (AvgIpc) is 3.49. The van der Waals surface area contributed by atoms with Gasteiger partial charge in [0.2, 0.25) is 0 Å². The predicted octanol–water partition coefficient (Wildman–Crippen LogP) is 4.50. The number of benzene rings is 1. The molecule has 4 heterocycles. The molecule has 1 aliphatic heterocycles. The molecule has 0 bridgehead atoms. The molecule has 0 saturated heterocycles. The van der Waals surface area contributed by atoms with E-state index in [2.05, 4.69) is 15.4 Å². The molecule has 4 aromatic rings. The molecule has 5 rings (SSSR count). The first-order chi connectivity index (χ1) is 18.7. The number of hydrogen-bond donors (Lipinski definition) is 2. The molecule has 1 aliphatic rings. The van der Waals surface area contributed by atoms with Crippen LogP contribution in [0.15, 0.2) is 48.9 Å². The van der Waals surface area contributed by atoms with Gasteiger partial charge in [0.1, 0.15) is 23.1 Å². The van der Waals surface area contributed by atoms with Crippen LogP contribution in [0.3, 0.4) is 0 Å². The Morgan fingerprint density at radius 2 is 2.10 bits per heavy atom. The van der Waals surface area contributed by atoms with Gasteiger partial charge in [0.05, 0.1) is 29.4 Å². The highest BCUT2D eigenvalue weighted by molar-refractivity contribution is 6.33. The van der Waals surface area contributed by atoms with E-state index in [0.29, 0.717) is 23.1 Å². The van der Waals surface area contributed by atoms with E-state index in [1.54, 1.807) is 23.1 Å². The molecule has 1 amide bonds. The van der Waals surface area contributed by atoms with Crippen LogP contribution < -0.4 is 5.32 Å². The zero-order chi connectivity index (χ0) is 27.8. The molecule has 0 saturated carbocycles. The molecule has 10 nitrogen and oxygen atoms in total. The number of rotatable bonds is 8. The van der Waals surface area contributed by atoms with Gasteiger partial charge in [0, 0.05) is 62.4 Å². The summed E-state index contributed by atoms with van der Waals surface area (Å²) in [5.41, 5.74) is 2.78. The third-order valence-electron chi connectivity index (χ3n) is 6.85. The van der Waals surface area contributed by atoms with Crippen LogP contribution in [0.2, 0.25) is 5.02 Å². The third-order valence-corrected chi connectivity index (χ3v) is 7.14. The van der Waals surface area contributed by atoms with Crippen LogP contribution in [-0.4, -0.2) is 61.0 Å². The number of halogens is 2. The normalized spacial score (nSPS) is 14.9. The molecule has 0 aliphatic carbocycles. The number of nitrogens with zero attached hydrogens (tertiary/aromatic N) is 5. The molecule has 0 fully saturated rings. The molecule has 202 valence electrons. The van der Waals surface area contributed by atoms with Crippen LogP contribution in [0.4, 0.5) is 16.0 Å². The number of aromatic nitrogens is 4. The van der Waals surface area contributed by atoms with Crippen LogP contribution in [0.1, 0.15) is 32.0 Å². The minimum absolute atomic E-state index is 0.0605. The molecule has 1 atom stereocenters. The summed E-state index contributed by atoms with van der Waals surface area (Å²) in [6.45, 7) is 2.42. The van der Waals surface area contributed by atoms with Crippen molar-refractivity contribution < 1.29 is 23.8 Å². The lowest BCUT2D eigenvalue weighted by molar-refractivity contribution is 0.0384. The maximum atomic E-state index is 14.0. The van der Waals surface area contributed by atoms with Crippen molar-refractivity contribution in [3.05, 3.63) is 82.1 Å². The Bertz CT molecular complexity index is 1580. The Morgan fingerprint density at radius 3 is 2.79 bits per heavy atom. The summed E-state index contributed by atoms with van der Waals surface area (Å²) in [6, 6.07) is 6.62. The number of fused-ring (bicyclic) bond motifs is 1. The Morgan fingerprint density at radius 1 is 1.31 bits per heavy atom. The van der Waals surface area contributed by atoms with Crippen LogP contribution >= 0.6 is 11.6 Å². The number of aromatic carboxylic acids is 1. The van der Waals surface area contributed by atoms with Crippen LogP contribution in [0.25, 0.3) is 11.1 Å². The first kappa shape index (κ1) is 26.4. The Hall–Kier alpha value is -4.22. The van der Waals surface area contributed by atoms with E-state index in [4.69, 9.17) is 16.3 Å². The maximum Gasteiger partial charge on any atom is 0.336 e. The summed E-state index contributed by atoms with van der Waals surface area (Å²) in [5, 5.41) is 17.4. The molecule has 12 heteroatoms. The van der Waals surface area contributed by atoms with Gasteiger partial charge in [0.25, 0.3) is 5.91 Å². The van der Waals surface area contributed by atoms with E-state index in [9.17, 15) is 19.1 Å². The van der Waals surface area contributed by atoms with Crippen LogP contribution in [0, 0.1) is 12.7 Å². The van der Waals surface area contributed by atoms with Gasteiger partial charge in [-0.2, -0.15) is 5.10 Å². The number of ether oxygens (including phenoxy) is 1. The maximum absolute atomic E-state index is 14.0. The third kappa shape index (κ3) is 4.98. The number of carbonyl (C=O) groups is 2. The van der Waals surface area contributed by atoms with Gasteiger partial charge in [-0.3, -0.25) is 9.48 Å². The van der Waals surface area contributed by atoms with E-state index in [1.807, 2.05) is 30.8 Å². The largest absolute Gasteiger partial charge is 0.478 e. The second-order valence-corrected chi connectivity index (χ2v) is 9.74. The van der Waals surface area contributed by atoms with Crippen molar-refractivity contribution >= 4 is 35.1 Å². The highest BCUT2D eigenvalue weighted by Crippen LogP contribution is 2.37. The Labute approximate surface area is 228 Å². The summed E-state index contributed by atoms with van der Waals surface area (Å²) >= 11 is 6.60.